The minimum absolute atomic E-state index is 1.01. The summed E-state index contributed by atoms with van der Waals surface area (Å²) < 4.78 is 0. The fraction of sp³-hybridized carbons (Fsp3) is 0.933. The quantitative estimate of drug-likeness (QED) is 0.102. The molecule has 0 saturated heterocycles. The minimum atomic E-state index is 1.01. The van der Waals surface area contributed by atoms with Crippen LogP contribution in [0.15, 0.2) is 12.2 Å². The van der Waals surface area contributed by atoms with Crippen LogP contribution in [0.2, 0.25) is 0 Å². The van der Waals surface area contributed by atoms with Gasteiger partial charge < -0.3 is 0 Å². The molecule has 0 radical (unpaired) electrons. The molecule has 0 aliphatic heterocycles. The number of rotatable bonds is 25. The highest BCUT2D eigenvalue weighted by molar-refractivity contribution is 4.76. The maximum Gasteiger partial charge on any atom is -0.0351 e. The summed E-state index contributed by atoms with van der Waals surface area (Å²) in [6, 6.07) is 0. The lowest BCUT2D eigenvalue weighted by Gasteiger charge is -2.14. The molecule has 0 bridgehead atoms. The Morgan fingerprint density at radius 1 is 0.467 bits per heavy atom. The third-order valence-corrected chi connectivity index (χ3v) is 7.01. The van der Waals surface area contributed by atoms with Crippen LogP contribution in [0.1, 0.15) is 175 Å². The lowest BCUT2D eigenvalue weighted by molar-refractivity contribution is 0.392. The zero-order valence-corrected chi connectivity index (χ0v) is 21.7. The van der Waals surface area contributed by atoms with Crippen LogP contribution in [0, 0.1) is 5.92 Å². The van der Waals surface area contributed by atoms with E-state index in [1.807, 2.05) is 0 Å². The molecule has 0 heterocycles. The SMILES string of the molecule is CC=CCCCCCCCCCCC(CC)CCCCCCCCCCCCCC. The van der Waals surface area contributed by atoms with Gasteiger partial charge in [-0.15, -0.1) is 0 Å². The van der Waals surface area contributed by atoms with Crippen LogP contribution in [0.3, 0.4) is 0 Å². The Kier molecular flexibility index (Phi) is 26.5. The molecule has 0 fully saturated rings. The average Bonchev–Trinajstić information content (AvgIpc) is 2.76. The summed E-state index contributed by atoms with van der Waals surface area (Å²) in [5.41, 5.74) is 0. The van der Waals surface area contributed by atoms with Gasteiger partial charge in [0, 0.05) is 0 Å². The molecular weight excluding hydrogens is 360 g/mol. The van der Waals surface area contributed by atoms with Gasteiger partial charge in [0.1, 0.15) is 0 Å². The lowest BCUT2D eigenvalue weighted by atomic mass is 9.92. The first kappa shape index (κ1) is 29.7. The fourth-order valence-corrected chi connectivity index (χ4v) is 4.75. The van der Waals surface area contributed by atoms with Gasteiger partial charge >= 0.3 is 0 Å². The zero-order chi connectivity index (χ0) is 22.0. The van der Waals surface area contributed by atoms with E-state index < -0.39 is 0 Å². The summed E-state index contributed by atoms with van der Waals surface area (Å²) in [6.45, 7) is 6.85. The Balaban J connectivity index is 3.28. The molecule has 0 amide bonds. The molecule has 0 aliphatic carbocycles. The molecule has 0 saturated carbocycles. The maximum atomic E-state index is 2.42. The van der Waals surface area contributed by atoms with Crippen LogP contribution in [0.5, 0.6) is 0 Å². The first-order valence-corrected chi connectivity index (χ1v) is 14.5. The van der Waals surface area contributed by atoms with Crippen molar-refractivity contribution in [3.63, 3.8) is 0 Å². The van der Waals surface area contributed by atoms with Crippen LogP contribution in [-0.4, -0.2) is 0 Å². The van der Waals surface area contributed by atoms with Crippen LogP contribution < -0.4 is 0 Å². The maximum absolute atomic E-state index is 2.42. The van der Waals surface area contributed by atoms with Crippen LogP contribution in [-0.2, 0) is 0 Å². The van der Waals surface area contributed by atoms with Crippen LogP contribution >= 0.6 is 0 Å². The van der Waals surface area contributed by atoms with Crippen molar-refractivity contribution in [3.8, 4) is 0 Å². The monoisotopic (exact) mass is 420 g/mol. The summed E-state index contributed by atoms with van der Waals surface area (Å²) in [6.07, 6.45) is 39.5. The van der Waals surface area contributed by atoms with Gasteiger partial charge in [-0.1, -0.05) is 167 Å². The Labute approximate surface area is 193 Å². The molecule has 180 valence electrons. The smallest absolute Gasteiger partial charge is 0.0351 e. The van der Waals surface area contributed by atoms with E-state index in [9.17, 15) is 0 Å². The highest BCUT2D eigenvalue weighted by Crippen LogP contribution is 2.22. The second kappa shape index (κ2) is 26.8. The second-order valence-corrected chi connectivity index (χ2v) is 9.93. The first-order valence-electron chi connectivity index (χ1n) is 14.5. The molecule has 0 heteroatoms. The molecule has 0 nitrogen and oxygen atoms in total. The highest BCUT2D eigenvalue weighted by Gasteiger charge is 2.06. The van der Waals surface area contributed by atoms with Crippen molar-refractivity contribution in [2.24, 2.45) is 5.92 Å². The van der Waals surface area contributed by atoms with E-state index in [-0.39, 0.29) is 0 Å². The Hall–Kier alpha value is -0.260. The molecule has 1 atom stereocenters. The normalized spacial score (nSPS) is 12.8. The van der Waals surface area contributed by atoms with Gasteiger partial charge in [0.15, 0.2) is 0 Å². The van der Waals surface area contributed by atoms with Gasteiger partial charge in [0.2, 0.25) is 0 Å². The van der Waals surface area contributed by atoms with Gasteiger partial charge in [-0.2, -0.15) is 0 Å². The molecule has 0 aromatic rings. The van der Waals surface area contributed by atoms with Crippen molar-refractivity contribution in [3.05, 3.63) is 12.2 Å². The summed E-state index contributed by atoms with van der Waals surface area (Å²) in [5, 5.41) is 0. The van der Waals surface area contributed by atoms with E-state index >= 15 is 0 Å². The van der Waals surface area contributed by atoms with E-state index in [1.165, 1.54) is 154 Å². The summed E-state index contributed by atoms with van der Waals surface area (Å²) in [5.74, 6) is 1.01. The number of hydrogen-bond acceptors (Lipinski definition) is 0. The molecule has 1 unspecified atom stereocenters. The molecule has 0 aliphatic rings. The summed E-state index contributed by atoms with van der Waals surface area (Å²) in [4.78, 5) is 0. The van der Waals surface area contributed by atoms with E-state index in [1.54, 1.807) is 0 Å². The largest absolute Gasteiger partial charge is 0.0917 e. The zero-order valence-electron chi connectivity index (χ0n) is 21.7. The Morgan fingerprint density at radius 3 is 1.20 bits per heavy atom. The highest BCUT2D eigenvalue weighted by atomic mass is 14.1. The van der Waals surface area contributed by atoms with Gasteiger partial charge in [0.25, 0.3) is 0 Å². The van der Waals surface area contributed by atoms with Crippen molar-refractivity contribution in [1.82, 2.24) is 0 Å². The van der Waals surface area contributed by atoms with E-state index in [2.05, 4.69) is 32.9 Å². The minimum Gasteiger partial charge on any atom is -0.0917 e. The van der Waals surface area contributed by atoms with Crippen molar-refractivity contribution in [2.45, 2.75) is 175 Å². The van der Waals surface area contributed by atoms with Gasteiger partial charge in [0.05, 0.1) is 0 Å². The predicted octanol–water partition coefficient (Wildman–Crippen LogP) is 11.6. The molecule has 0 rings (SSSR count). The number of unbranched alkanes of at least 4 members (excludes halogenated alkanes) is 19. The molecule has 0 spiro atoms. The second-order valence-electron chi connectivity index (χ2n) is 9.93. The lowest BCUT2D eigenvalue weighted by Crippen LogP contribution is -1.99. The third kappa shape index (κ3) is 24.0. The molecule has 0 aromatic carbocycles. The van der Waals surface area contributed by atoms with E-state index in [0.717, 1.165) is 5.92 Å². The summed E-state index contributed by atoms with van der Waals surface area (Å²) >= 11 is 0. The van der Waals surface area contributed by atoms with Gasteiger partial charge in [-0.25, -0.2) is 0 Å². The standard InChI is InChI=1S/C30H60/c1-4-7-9-11-13-15-17-19-21-23-25-27-29-30(6-3)28-26-24-22-20-18-16-14-12-10-8-5-2/h5,8,30H,4,6-7,9-29H2,1-3H3. The third-order valence-electron chi connectivity index (χ3n) is 7.01. The van der Waals surface area contributed by atoms with E-state index in [0.29, 0.717) is 0 Å². The molecule has 0 aromatic heterocycles. The van der Waals surface area contributed by atoms with Crippen molar-refractivity contribution in [1.29, 1.82) is 0 Å². The number of hydrogen-bond donors (Lipinski definition) is 0. The Morgan fingerprint density at radius 2 is 0.833 bits per heavy atom. The fourth-order valence-electron chi connectivity index (χ4n) is 4.75. The van der Waals surface area contributed by atoms with E-state index in [4.69, 9.17) is 0 Å². The van der Waals surface area contributed by atoms with Gasteiger partial charge in [-0.05, 0) is 25.7 Å². The topological polar surface area (TPSA) is 0 Å². The van der Waals surface area contributed by atoms with Crippen molar-refractivity contribution in [2.75, 3.05) is 0 Å². The van der Waals surface area contributed by atoms with Crippen LogP contribution in [0.4, 0.5) is 0 Å². The number of allylic oxidation sites excluding steroid dienone is 2. The van der Waals surface area contributed by atoms with Crippen molar-refractivity contribution >= 4 is 0 Å². The van der Waals surface area contributed by atoms with Crippen molar-refractivity contribution < 1.29 is 0 Å². The van der Waals surface area contributed by atoms with Crippen LogP contribution in [0.25, 0.3) is 0 Å². The average molecular weight is 421 g/mol. The summed E-state index contributed by atoms with van der Waals surface area (Å²) in [7, 11) is 0. The molecule has 0 N–H and O–H groups in total. The molecular formula is C30H60. The Bertz CT molecular complexity index is 316. The predicted molar refractivity (Wildman–Crippen MR) is 140 cm³/mol. The first-order chi connectivity index (χ1) is 14.8. The van der Waals surface area contributed by atoms with Gasteiger partial charge in [-0.3, -0.25) is 0 Å². The molecule has 30 heavy (non-hydrogen) atoms.